The molecular weight excluding hydrogens is 422 g/mol. The molecule has 5 nitrogen and oxygen atoms in total. The molecular formula is C18H16Cl2F3NO4. The van der Waals surface area contributed by atoms with Gasteiger partial charge in [0.25, 0.3) is 0 Å². The number of aromatic nitrogens is 1. The second-order valence-corrected chi connectivity index (χ2v) is 6.61. The van der Waals surface area contributed by atoms with Crippen LogP contribution in [0.2, 0.25) is 10.0 Å². The predicted molar refractivity (Wildman–Crippen MR) is 96.8 cm³/mol. The number of aliphatic hydroxyl groups is 1. The molecule has 0 aliphatic heterocycles. The van der Waals surface area contributed by atoms with Crippen LogP contribution in [0.1, 0.15) is 23.0 Å². The fourth-order valence-electron chi connectivity index (χ4n) is 2.72. The number of esters is 1. The van der Waals surface area contributed by atoms with Gasteiger partial charge in [-0.05, 0) is 29.3 Å². The number of carbonyl (C=O) groups is 1. The summed E-state index contributed by atoms with van der Waals surface area (Å²) in [6.07, 6.45) is -3.59. The Balaban J connectivity index is 2.44. The van der Waals surface area contributed by atoms with Crippen LogP contribution in [0.5, 0.6) is 5.88 Å². The van der Waals surface area contributed by atoms with Crippen LogP contribution >= 0.6 is 23.2 Å². The smallest absolute Gasteiger partial charge is 0.396 e. The van der Waals surface area contributed by atoms with Crippen molar-refractivity contribution in [2.75, 3.05) is 20.3 Å². The van der Waals surface area contributed by atoms with Gasteiger partial charge in [0.1, 0.15) is 0 Å². The van der Waals surface area contributed by atoms with Crippen LogP contribution in [-0.4, -0.2) is 42.6 Å². The first kappa shape index (κ1) is 22.3. The van der Waals surface area contributed by atoms with Crippen molar-refractivity contribution in [2.24, 2.45) is 0 Å². The molecule has 0 saturated heterocycles. The number of aliphatic hydroxyl groups excluding tert-OH is 1. The molecule has 2 unspecified atom stereocenters. The lowest BCUT2D eigenvalue weighted by Crippen LogP contribution is -2.29. The number of rotatable bonds is 7. The average molecular weight is 438 g/mol. The molecule has 0 amide bonds. The maximum Gasteiger partial charge on any atom is 0.396 e. The van der Waals surface area contributed by atoms with Gasteiger partial charge in [0.05, 0.1) is 19.6 Å². The number of pyridine rings is 1. The van der Waals surface area contributed by atoms with Crippen LogP contribution in [0.15, 0.2) is 36.5 Å². The van der Waals surface area contributed by atoms with Crippen molar-refractivity contribution in [1.29, 1.82) is 0 Å². The number of alkyl halides is 3. The highest BCUT2D eigenvalue weighted by Crippen LogP contribution is 2.46. The number of carbonyl (C=O) groups excluding carboxylic acids is 1. The highest BCUT2D eigenvalue weighted by Gasteiger charge is 2.46. The average Bonchev–Trinajstić information content (AvgIpc) is 2.63. The van der Waals surface area contributed by atoms with Gasteiger partial charge >= 0.3 is 12.1 Å². The van der Waals surface area contributed by atoms with Gasteiger partial charge < -0.3 is 14.6 Å². The van der Waals surface area contributed by atoms with Gasteiger partial charge in [0, 0.05) is 28.2 Å². The Hall–Kier alpha value is -2.03. The molecule has 2 rings (SSSR count). The Morgan fingerprint density at radius 1 is 1.25 bits per heavy atom. The molecule has 0 fully saturated rings. The molecule has 1 aromatic heterocycles. The molecule has 1 N–H and O–H groups in total. The van der Waals surface area contributed by atoms with E-state index in [0.717, 1.165) is 25.4 Å². The highest BCUT2D eigenvalue weighted by molar-refractivity contribution is 6.35. The van der Waals surface area contributed by atoms with E-state index in [9.17, 15) is 23.1 Å². The minimum atomic E-state index is -4.71. The standard InChI is InChI=1S/C18H16Cl2F3NO4/c1-27-16(26)9-28-15-6-10(4-5-24-15)17(18(21,22)23)13(8-25)12-3-2-11(19)7-14(12)20/h2-7,13,17,25H,8-9H2,1H3. The van der Waals surface area contributed by atoms with Crippen molar-refractivity contribution in [3.05, 3.63) is 57.7 Å². The van der Waals surface area contributed by atoms with Crippen molar-refractivity contribution in [2.45, 2.75) is 18.0 Å². The first-order valence-electron chi connectivity index (χ1n) is 7.95. The summed E-state index contributed by atoms with van der Waals surface area (Å²) in [5.41, 5.74) is -0.0998. The van der Waals surface area contributed by atoms with E-state index in [1.54, 1.807) is 0 Å². The largest absolute Gasteiger partial charge is 0.466 e. The van der Waals surface area contributed by atoms with E-state index in [1.807, 2.05) is 0 Å². The van der Waals surface area contributed by atoms with Crippen molar-refractivity contribution in [1.82, 2.24) is 4.98 Å². The minimum absolute atomic E-state index is 0.0111. The molecule has 10 heteroatoms. The summed E-state index contributed by atoms with van der Waals surface area (Å²) >= 11 is 11.9. The highest BCUT2D eigenvalue weighted by atomic mass is 35.5. The summed E-state index contributed by atoms with van der Waals surface area (Å²) < 4.78 is 51.2. The SMILES string of the molecule is COC(=O)COc1cc(C(C(CO)c2ccc(Cl)cc2Cl)C(F)(F)F)ccn1. The third kappa shape index (κ3) is 5.50. The van der Waals surface area contributed by atoms with Crippen molar-refractivity contribution in [3.63, 3.8) is 0 Å². The number of benzene rings is 1. The maximum atomic E-state index is 13.9. The third-order valence-corrected chi connectivity index (χ3v) is 4.56. The van der Waals surface area contributed by atoms with Gasteiger partial charge in [-0.2, -0.15) is 13.2 Å². The second-order valence-electron chi connectivity index (χ2n) is 5.77. The van der Waals surface area contributed by atoms with Crippen molar-refractivity contribution in [3.8, 4) is 5.88 Å². The van der Waals surface area contributed by atoms with Gasteiger partial charge in [-0.1, -0.05) is 29.3 Å². The molecule has 1 aromatic carbocycles. The summed E-state index contributed by atoms with van der Waals surface area (Å²) in [6, 6.07) is 6.28. The number of methoxy groups -OCH3 is 1. The molecule has 0 saturated carbocycles. The van der Waals surface area contributed by atoms with E-state index >= 15 is 0 Å². The fraction of sp³-hybridized carbons (Fsp3) is 0.333. The van der Waals surface area contributed by atoms with Crippen LogP contribution < -0.4 is 4.74 Å². The van der Waals surface area contributed by atoms with E-state index < -0.39 is 37.2 Å². The van der Waals surface area contributed by atoms with E-state index in [0.29, 0.717) is 0 Å². The summed E-state index contributed by atoms with van der Waals surface area (Å²) in [7, 11) is 1.15. The minimum Gasteiger partial charge on any atom is -0.466 e. The lowest BCUT2D eigenvalue weighted by Gasteiger charge is -2.29. The van der Waals surface area contributed by atoms with E-state index in [-0.39, 0.29) is 27.1 Å². The van der Waals surface area contributed by atoms with Gasteiger partial charge in [-0.25, -0.2) is 9.78 Å². The lowest BCUT2D eigenvalue weighted by atomic mass is 9.81. The maximum absolute atomic E-state index is 13.9. The summed E-state index contributed by atoms with van der Waals surface area (Å²) in [5.74, 6) is -4.38. The zero-order chi connectivity index (χ0) is 20.9. The van der Waals surface area contributed by atoms with Crippen LogP contribution in [-0.2, 0) is 9.53 Å². The number of hydrogen-bond donors (Lipinski definition) is 1. The number of halogens is 5. The summed E-state index contributed by atoms with van der Waals surface area (Å²) in [6.45, 7) is -1.32. The van der Waals surface area contributed by atoms with Crippen LogP contribution in [0.4, 0.5) is 13.2 Å². The molecule has 2 aromatic rings. The van der Waals surface area contributed by atoms with Gasteiger partial charge in [0.15, 0.2) is 6.61 Å². The van der Waals surface area contributed by atoms with Crippen molar-refractivity contribution >= 4 is 29.2 Å². The Labute approximate surface area is 169 Å². The molecule has 0 radical (unpaired) electrons. The van der Waals surface area contributed by atoms with E-state index in [4.69, 9.17) is 27.9 Å². The number of nitrogens with zero attached hydrogens (tertiary/aromatic N) is 1. The molecule has 152 valence electrons. The normalized spacial score (nSPS) is 13.7. The third-order valence-electron chi connectivity index (χ3n) is 4.00. The van der Waals surface area contributed by atoms with E-state index in [2.05, 4.69) is 9.72 Å². The number of hydrogen-bond acceptors (Lipinski definition) is 5. The summed E-state index contributed by atoms with van der Waals surface area (Å²) in [5, 5.41) is 10.0. The Morgan fingerprint density at radius 2 is 1.96 bits per heavy atom. The molecule has 0 aliphatic rings. The first-order valence-corrected chi connectivity index (χ1v) is 8.71. The first-order chi connectivity index (χ1) is 13.2. The number of ether oxygens (including phenoxy) is 2. The predicted octanol–water partition coefficient (Wildman–Crippen LogP) is 4.36. The van der Waals surface area contributed by atoms with Gasteiger partial charge in [-0.15, -0.1) is 0 Å². The van der Waals surface area contributed by atoms with Crippen LogP contribution in [0, 0.1) is 0 Å². The van der Waals surface area contributed by atoms with Gasteiger partial charge in [-0.3, -0.25) is 0 Å². The molecule has 0 spiro atoms. The molecule has 0 bridgehead atoms. The Morgan fingerprint density at radius 3 is 2.54 bits per heavy atom. The zero-order valence-electron chi connectivity index (χ0n) is 14.5. The summed E-state index contributed by atoms with van der Waals surface area (Å²) in [4.78, 5) is 14.9. The fourth-order valence-corrected chi connectivity index (χ4v) is 3.27. The van der Waals surface area contributed by atoms with Crippen molar-refractivity contribution < 1.29 is 32.5 Å². The van der Waals surface area contributed by atoms with E-state index in [1.165, 1.54) is 18.2 Å². The van der Waals surface area contributed by atoms with Crippen LogP contribution in [0.25, 0.3) is 0 Å². The Bertz CT molecular complexity index is 833. The zero-order valence-corrected chi connectivity index (χ0v) is 16.1. The molecule has 0 aliphatic carbocycles. The molecule has 2 atom stereocenters. The lowest BCUT2D eigenvalue weighted by molar-refractivity contribution is -0.158. The Kier molecular flexibility index (Phi) is 7.51. The topological polar surface area (TPSA) is 68.7 Å². The quantitative estimate of drug-likeness (QED) is 0.651. The molecule has 1 heterocycles. The molecule has 28 heavy (non-hydrogen) atoms. The monoisotopic (exact) mass is 437 g/mol. The van der Waals surface area contributed by atoms with Gasteiger partial charge in [0.2, 0.25) is 5.88 Å². The second kappa shape index (κ2) is 9.45. The van der Waals surface area contributed by atoms with Crippen LogP contribution in [0.3, 0.4) is 0 Å².